The Bertz CT molecular complexity index is 622. The van der Waals surface area contributed by atoms with E-state index in [2.05, 4.69) is 59.4 Å². The maximum atomic E-state index is 5.43. The predicted molar refractivity (Wildman–Crippen MR) is 92.5 cm³/mol. The van der Waals surface area contributed by atoms with Crippen LogP contribution in [0, 0.1) is 0 Å². The van der Waals surface area contributed by atoms with Crippen molar-refractivity contribution in [2.45, 2.75) is 13.3 Å². The first-order valence-electron chi connectivity index (χ1n) is 6.50. The molecule has 0 saturated carbocycles. The molecule has 7 heteroatoms. The van der Waals surface area contributed by atoms with Gasteiger partial charge in [-0.3, -0.25) is 0 Å². The number of hydrogen-bond acceptors (Lipinski definition) is 5. The third-order valence-electron chi connectivity index (χ3n) is 2.73. The van der Waals surface area contributed by atoms with Crippen molar-refractivity contribution in [3.05, 3.63) is 33.5 Å². The lowest BCUT2D eigenvalue weighted by Gasteiger charge is -2.14. The van der Waals surface area contributed by atoms with Gasteiger partial charge in [0.25, 0.3) is 0 Å². The molecule has 0 amide bonds. The molecule has 112 valence electrons. The first-order chi connectivity index (χ1) is 10.2. The Morgan fingerprint density at radius 2 is 1.95 bits per heavy atom. The monoisotopic (exact) mass is 414 g/mol. The Morgan fingerprint density at radius 1 is 1.19 bits per heavy atom. The van der Waals surface area contributed by atoms with Gasteiger partial charge in [-0.15, -0.1) is 0 Å². The van der Waals surface area contributed by atoms with Gasteiger partial charge >= 0.3 is 0 Å². The first kappa shape index (κ1) is 16.0. The zero-order valence-electron chi connectivity index (χ0n) is 11.8. The summed E-state index contributed by atoms with van der Waals surface area (Å²) in [6.45, 7) is 2.92. The summed E-state index contributed by atoms with van der Waals surface area (Å²) >= 11 is 6.95. The fraction of sp³-hybridized carbons (Fsp3) is 0.286. The number of anilines is 3. The molecule has 0 aliphatic rings. The van der Waals surface area contributed by atoms with Crippen LogP contribution >= 0.6 is 31.9 Å². The smallest absolute Gasteiger partial charge is 0.204 e. The Kier molecular flexibility index (Phi) is 5.81. The molecule has 1 heterocycles. The molecule has 2 rings (SSSR count). The number of aromatic nitrogens is 2. The predicted octanol–water partition coefficient (Wildman–Crippen LogP) is 4.58. The van der Waals surface area contributed by atoms with E-state index >= 15 is 0 Å². The average Bonchev–Trinajstić information content (AvgIpc) is 2.48. The quantitative estimate of drug-likeness (QED) is 0.723. The van der Waals surface area contributed by atoms with E-state index in [9.17, 15) is 0 Å². The van der Waals surface area contributed by atoms with E-state index < -0.39 is 0 Å². The topological polar surface area (TPSA) is 59.1 Å². The molecular formula is C14H16Br2N4O. The summed E-state index contributed by atoms with van der Waals surface area (Å²) in [5.41, 5.74) is 0.900. The van der Waals surface area contributed by atoms with Gasteiger partial charge < -0.3 is 15.4 Å². The van der Waals surface area contributed by atoms with Crippen molar-refractivity contribution in [2.24, 2.45) is 0 Å². The number of halogens is 2. The highest BCUT2D eigenvalue weighted by Crippen LogP contribution is 2.34. The fourth-order valence-electron chi connectivity index (χ4n) is 1.74. The molecule has 2 N–H and O–H groups in total. The molecule has 0 fully saturated rings. The summed E-state index contributed by atoms with van der Waals surface area (Å²) < 4.78 is 7.37. The lowest BCUT2D eigenvalue weighted by molar-refractivity contribution is 0.415. The Balaban J connectivity index is 2.30. The second-order valence-electron chi connectivity index (χ2n) is 4.28. The van der Waals surface area contributed by atoms with Gasteiger partial charge in [-0.1, -0.05) is 22.9 Å². The van der Waals surface area contributed by atoms with E-state index in [1.165, 1.54) is 6.33 Å². The number of methoxy groups -OCH3 is 1. The molecule has 0 aliphatic carbocycles. The maximum Gasteiger partial charge on any atom is 0.204 e. The third kappa shape index (κ3) is 4.07. The zero-order valence-corrected chi connectivity index (χ0v) is 15.0. The van der Waals surface area contributed by atoms with Gasteiger partial charge in [0.15, 0.2) is 11.6 Å². The lowest BCUT2D eigenvalue weighted by atomic mass is 10.3. The Labute approximate surface area is 140 Å². The molecular weight excluding hydrogens is 400 g/mol. The standard InChI is InChI=1S/C14H16Br2N4O/c1-3-6-17-13-12(21-2)14(19-8-18-13)20-11-5-4-9(15)7-10(11)16/h4-5,7-8H,3,6H2,1-2H3,(H2,17,18,19,20). The molecule has 0 unspecified atom stereocenters. The van der Waals surface area contributed by atoms with Crippen LogP contribution < -0.4 is 15.4 Å². The summed E-state index contributed by atoms with van der Waals surface area (Å²) in [5, 5.41) is 6.48. The van der Waals surface area contributed by atoms with Crippen molar-refractivity contribution in [3.8, 4) is 5.75 Å². The van der Waals surface area contributed by atoms with Gasteiger partial charge in [0, 0.05) is 15.5 Å². The van der Waals surface area contributed by atoms with Gasteiger partial charge in [0.2, 0.25) is 5.75 Å². The molecule has 5 nitrogen and oxygen atoms in total. The van der Waals surface area contributed by atoms with E-state index in [0.29, 0.717) is 17.4 Å². The van der Waals surface area contributed by atoms with Crippen LogP contribution in [0.3, 0.4) is 0 Å². The number of hydrogen-bond donors (Lipinski definition) is 2. The number of benzene rings is 1. The second-order valence-corrected chi connectivity index (χ2v) is 6.05. The normalized spacial score (nSPS) is 10.3. The number of nitrogens with one attached hydrogen (secondary N) is 2. The Morgan fingerprint density at radius 3 is 2.62 bits per heavy atom. The second kappa shape index (κ2) is 7.61. The molecule has 0 atom stereocenters. The van der Waals surface area contributed by atoms with Crippen molar-refractivity contribution < 1.29 is 4.74 Å². The first-order valence-corrected chi connectivity index (χ1v) is 8.09. The zero-order chi connectivity index (χ0) is 15.2. The van der Waals surface area contributed by atoms with Gasteiger partial charge in [-0.2, -0.15) is 0 Å². The molecule has 1 aromatic heterocycles. The molecule has 0 aliphatic heterocycles. The van der Waals surface area contributed by atoms with E-state index in [0.717, 1.165) is 27.6 Å². The van der Waals surface area contributed by atoms with Crippen molar-refractivity contribution in [3.63, 3.8) is 0 Å². The molecule has 1 aromatic carbocycles. The van der Waals surface area contributed by atoms with Gasteiger partial charge in [-0.25, -0.2) is 9.97 Å². The molecule has 0 saturated heterocycles. The van der Waals surface area contributed by atoms with E-state index in [-0.39, 0.29) is 0 Å². The van der Waals surface area contributed by atoms with Crippen LogP contribution in [0.25, 0.3) is 0 Å². The van der Waals surface area contributed by atoms with Gasteiger partial charge in [0.05, 0.1) is 12.8 Å². The molecule has 21 heavy (non-hydrogen) atoms. The van der Waals surface area contributed by atoms with Crippen LogP contribution in [0.2, 0.25) is 0 Å². The highest BCUT2D eigenvalue weighted by molar-refractivity contribution is 9.11. The highest BCUT2D eigenvalue weighted by Gasteiger charge is 2.13. The minimum Gasteiger partial charge on any atom is -0.490 e. The summed E-state index contributed by atoms with van der Waals surface area (Å²) in [4.78, 5) is 8.48. The molecule has 2 aromatic rings. The maximum absolute atomic E-state index is 5.43. The largest absolute Gasteiger partial charge is 0.490 e. The van der Waals surface area contributed by atoms with Gasteiger partial charge in [-0.05, 0) is 40.5 Å². The fourth-order valence-corrected chi connectivity index (χ4v) is 2.89. The van der Waals surface area contributed by atoms with Crippen LogP contribution in [0.1, 0.15) is 13.3 Å². The van der Waals surface area contributed by atoms with Crippen molar-refractivity contribution in [2.75, 3.05) is 24.3 Å². The summed E-state index contributed by atoms with van der Waals surface area (Å²) in [5.74, 6) is 1.90. The van der Waals surface area contributed by atoms with Crippen LogP contribution in [0.15, 0.2) is 33.5 Å². The average molecular weight is 416 g/mol. The Hall–Kier alpha value is -1.34. The SMILES string of the molecule is CCCNc1ncnc(Nc2ccc(Br)cc2Br)c1OC. The van der Waals surface area contributed by atoms with Crippen LogP contribution in [0.4, 0.5) is 17.3 Å². The molecule has 0 radical (unpaired) electrons. The number of nitrogens with zero attached hydrogens (tertiary/aromatic N) is 2. The molecule has 0 spiro atoms. The highest BCUT2D eigenvalue weighted by atomic mass is 79.9. The van der Waals surface area contributed by atoms with Crippen LogP contribution in [-0.2, 0) is 0 Å². The summed E-state index contributed by atoms with van der Waals surface area (Å²) in [7, 11) is 1.61. The summed E-state index contributed by atoms with van der Waals surface area (Å²) in [6.07, 6.45) is 2.52. The third-order valence-corrected chi connectivity index (χ3v) is 3.88. The van der Waals surface area contributed by atoms with Crippen molar-refractivity contribution in [1.29, 1.82) is 0 Å². The minimum atomic E-state index is 0.598. The van der Waals surface area contributed by atoms with Crippen molar-refractivity contribution in [1.82, 2.24) is 9.97 Å². The number of ether oxygens (including phenoxy) is 1. The van der Waals surface area contributed by atoms with E-state index in [1.54, 1.807) is 7.11 Å². The lowest BCUT2D eigenvalue weighted by Crippen LogP contribution is -2.07. The number of rotatable bonds is 6. The van der Waals surface area contributed by atoms with Crippen molar-refractivity contribution >= 4 is 49.2 Å². The van der Waals surface area contributed by atoms with Gasteiger partial charge in [0.1, 0.15) is 6.33 Å². The van der Waals surface area contributed by atoms with Crippen LogP contribution in [-0.4, -0.2) is 23.6 Å². The minimum absolute atomic E-state index is 0.598. The van der Waals surface area contributed by atoms with E-state index in [1.807, 2.05) is 18.2 Å². The van der Waals surface area contributed by atoms with E-state index in [4.69, 9.17) is 4.74 Å². The summed E-state index contributed by atoms with van der Waals surface area (Å²) in [6, 6.07) is 5.87. The molecule has 0 bridgehead atoms. The van der Waals surface area contributed by atoms with Crippen LogP contribution in [0.5, 0.6) is 5.75 Å².